The minimum Gasteiger partial charge on any atom is -0.207 e. The fraction of sp³-hybridized carbons (Fsp3) is 0.250. The predicted octanol–water partition coefficient (Wildman–Crippen LogP) is 5.77. The van der Waals surface area contributed by atoms with Crippen molar-refractivity contribution in [3.8, 4) is 0 Å². The van der Waals surface area contributed by atoms with E-state index in [1.807, 2.05) is 18.2 Å². The molecular weight excluding hydrogens is 318 g/mol. The van der Waals surface area contributed by atoms with Crippen molar-refractivity contribution in [3.05, 3.63) is 69.5 Å². The van der Waals surface area contributed by atoms with Crippen LogP contribution in [0.2, 0.25) is 10.0 Å². The van der Waals surface area contributed by atoms with Crippen molar-refractivity contribution in [2.75, 3.05) is 5.88 Å². The molecule has 0 aliphatic carbocycles. The topological polar surface area (TPSA) is 0 Å². The molecule has 0 saturated heterocycles. The van der Waals surface area contributed by atoms with E-state index >= 15 is 0 Å². The third-order valence-corrected chi connectivity index (χ3v) is 4.47. The van der Waals surface area contributed by atoms with Crippen molar-refractivity contribution in [1.29, 1.82) is 0 Å². The van der Waals surface area contributed by atoms with E-state index < -0.39 is 0 Å². The molecule has 0 radical (unpaired) electrons. The summed E-state index contributed by atoms with van der Waals surface area (Å²) in [5.41, 5.74) is 1.91. The van der Waals surface area contributed by atoms with Gasteiger partial charge in [-0.25, -0.2) is 4.39 Å². The van der Waals surface area contributed by atoms with Crippen LogP contribution in [0.25, 0.3) is 0 Å². The highest BCUT2D eigenvalue weighted by Gasteiger charge is 2.13. The van der Waals surface area contributed by atoms with E-state index in [1.165, 1.54) is 6.07 Å². The summed E-state index contributed by atoms with van der Waals surface area (Å²) < 4.78 is 13.2. The van der Waals surface area contributed by atoms with E-state index in [1.54, 1.807) is 18.2 Å². The van der Waals surface area contributed by atoms with Crippen LogP contribution in [0, 0.1) is 11.7 Å². The zero-order valence-electron chi connectivity index (χ0n) is 10.8. The van der Waals surface area contributed by atoms with Gasteiger partial charge >= 0.3 is 0 Å². The van der Waals surface area contributed by atoms with Gasteiger partial charge in [0.05, 0.1) is 10.0 Å². The Morgan fingerprint density at radius 3 is 2.45 bits per heavy atom. The highest BCUT2D eigenvalue weighted by molar-refractivity contribution is 6.42. The van der Waals surface area contributed by atoms with Crippen LogP contribution in [0.15, 0.2) is 42.5 Å². The Hall–Kier alpha value is -0.760. The number of halogens is 4. The largest absolute Gasteiger partial charge is 0.207 e. The molecule has 0 fully saturated rings. The van der Waals surface area contributed by atoms with Gasteiger partial charge in [0.15, 0.2) is 0 Å². The monoisotopic (exact) mass is 330 g/mol. The first-order valence-electron chi connectivity index (χ1n) is 6.33. The molecular formula is C16H14Cl3F. The zero-order valence-corrected chi connectivity index (χ0v) is 13.0. The summed E-state index contributed by atoms with van der Waals surface area (Å²) >= 11 is 18.2. The van der Waals surface area contributed by atoms with E-state index in [0.29, 0.717) is 22.3 Å². The Morgan fingerprint density at radius 2 is 1.75 bits per heavy atom. The number of hydrogen-bond donors (Lipinski definition) is 0. The second kappa shape index (κ2) is 7.31. The Bertz CT molecular complexity index is 584. The molecule has 2 rings (SSSR count). The van der Waals surface area contributed by atoms with E-state index in [4.69, 9.17) is 34.8 Å². The summed E-state index contributed by atoms with van der Waals surface area (Å²) in [7, 11) is 0. The predicted molar refractivity (Wildman–Crippen MR) is 84.5 cm³/mol. The molecule has 0 heterocycles. The van der Waals surface area contributed by atoms with E-state index in [9.17, 15) is 4.39 Å². The molecule has 106 valence electrons. The quantitative estimate of drug-likeness (QED) is 0.610. The first kappa shape index (κ1) is 15.6. The van der Waals surface area contributed by atoms with Crippen LogP contribution in [-0.2, 0) is 12.8 Å². The first-order chi connectivity index (χ1) is 9.60. The molecule has 1 atom stereocenters. The average Bonchev–Trinajstić information content (AvgIpc) is 2.43. The zero-order chi connectivity index (χ0) is 14.5. The van der Waals surface area contributed by atoms with Crippen LogP contribution in [-0.4, -0.2) is 5.88 Å². The van der Waals surface area contributed by atoms with Crippen LogP contribution in [0.4, 0.5) is 4.39 Å². The first-order valence-corrected chi connectivity index (χ1v) is 7.62. The Morgan fingerprint density at radius 1 is 1.00 bits per heavy atom. The number of benzene rings is 2. The molecule has 0 aliphatic rings. The lowest BCUT2D eigenvalue weighted by molar-refractivity contribution is 0.576. The highest BCUT2D eigenvalue weighted by atomic mass is 35.5. The van der Waals surface area contributed by atoms with E-state index in [-0.39, 0.29) is 11.7 Å². The Balaban J connectivity index is 2.11. The minimum atomic E-state index is -0.225. The van der Waals surface area contributed by atoms with Crippen molar-refractivity contribution in [1.82, 2.24) is 0 Å². The third kappa shape index (κ3) is 4.12. The van der Waals surface area contributed by atoms with Crippen molar-refractivity contribution in [3.63, 3.8) is 0 Å². The van der Waals surface area contributed by atoms with Gasteiger partial charge in [0.25, 0.3) is 0 Å². The fourth-order valence-electron chi connectivity index (χ4n) is 2.20. The van der Waals surface area contributed by atoms with Crippen molar-refractivity contribution in [2.24, 2.45) is 5.92 Å². The van der Waals surface area contributed by atoms with Gasteiger partial charge in [-0.15, -0.1) is 11.6 Å². The lowest BCUT2D eigenvalue weighted by Crippen LogP contribution is -2.10. The molecule has 4 heteroatoms. The number of hydrogen-bond acceptors (Lipinski definition) is 0. The van der Waals surface area contributed by atoms with Crippen molar-refractivity contribution < 1.29 is 4.39 Å². The molecule has 0 N–H and O–H groups in total. The van der Waals surface area contributed by atoms with Crippen LogP contribution in [0.3, 0.4) is 0 Å². The standard InChI is InChI=1S/C16H14Cl3F/c17-10-12(7-11-3-1-5-14(20)9-11)8-13-4-2-6-15(18)16(13)19/h1-6,9,12H,7-8,10H2. The summed E-state index contributed by atoms with van der Waals surface area (Å²) in [5.74, 6) is 0.449. The number of rotatable bonds is 5. The van der Waals surface area contributed by atoms with Crippen LogP contribution >= 0.6 is 34.8 Å². The molecule has 0 aliphatic heterocycles. The summed E-state index contributed by atoms with van der Waals surface area (Å²) in [6.07, 6.45) is 1.43. The number of alkyl halides is 1. The SMILES string of the molecule is Fc1cccc(CC(CCl)Cc2cccc(Cl)c2Cl)c1. The van der Waals surface area contributed by atoms with Crippen LogP contribution < -0.4 is 0 Å². The lowest BCUT2D eigenvalue weighted by atomic mass is 9.94. The lowest BCUT2D eigenvalue weighted by Gasteiger charge is -2.15. The van der Waals surface area contributed by atoms with Crippen molar-refractivity contribution in [2.45, 2.75) is 12.8 Å². The molecule has 2 aromatic carbocycles. The third-order valence-electron chi connectivity index (χ3n) is 3.17. The molecule has 0 amide bonds. The van der Waals surface area contributed by atoms with Crippen molar-refractivity contribution >= 4 is 34.8 Å². The van der Waals surface area contributed by atoms with Gasteiger partial charge in [-0.2, -0.15) is 0 Å². The molecule has 0 nitrogen and oxygen atoms in total. The maximum absolute atomic E-state index is 13.2. The van der Waals surface area contributed by atoms with Crippen LogP contribution in [0.1, 0.15) is 11.1 Å². The second-order valence-corrected chi connectivity index (χ2v) is 5.87. The summed E-state index contributed by atoms with van der Waals surface area (Å²) in [6, 6.07) is 12.2. The highest BCUT2D eigenvalue weighted by Crippen LogP contribution is 2.28. The second-order valence-electron chi connectivity index (χ2n) is 4.77. The summed E-state index contributed by atoms with van der Waals surface area (Å²) in [5, 5.41) is 1.12. The molecule has 0 spiro atoms. The molecule has 20 heavy (non-hydrogen) atoms. The molecule has 0 saturated carbocycles. The van der Waals surface area contributed by atoms with Gasteiger partial charge in [-0.1, -0.05) is 47.5 Å². The normalized spacial score (nSPS) is 12.4. The summed E-state index contributed by atoms with van der Waals surface area (Å²) in [6.45, 7) is 0. The fourth-order valence-corrected chi connectivity index (χ4v) is 2.81. The minimum absolute atomic E-state index is 0.189. The molecule has 0 bridgehead atoms. The molecule has 0 aromatic heterocycles. The Labute approximate surface area is 133 Å². The van der Waals surface area contributed by atoms with Crippen LogP contribution in [0.5, 0.6) is 0 Å². The van der Waals surface area contributed by atoms with Gasteiger partial charge in [-0.05, 0) is 48.1 Å². The van der Waals surface area contributed by atoms with Gasteiger partial charge in [0, 0.05) is 5.88 Å². The molecule has 2 aromatic rings. The molecule has 1 unspecified atom stereocenters. The van der Waals surface area contributed by atoms with Gasteiger partial charge in [0.1, 0.15) is 5.82 Å². The average molecular weight is 332 g/mol. The van der Waals surface area contributed by atoms with E-state index in [2.05, 4.69) is 0 Å². The Kier molecular flexibility index (Phi) is 5.71. The van der Waals surface area contributed by atoms with Gasteiger partial charge < -0.3 is 0 Å². The van der Waals surface area contributed by atoms with Gasteiger partial charge in [-0.3, -0.25) is 0 Å². The van der Waals surface area contributed by atoms with Gasteiger partial charge in [0.2, 0.25) is 0 Å². The van der Waals surface area contributed by atoms with E-state index in [0.717, 1.165) is 17.5 Å². The maximum Gasteiger partial charge on any atom is 0.123 e. The smallest absolute Gasteiger partial charge is 0.123 e. The summed E-state index contributed by atoms with van der Waals surface area (Å²) in [4.78, 5) is 0. The maximum atomic E-state index is 13.2.